The average Bonchev–Trinajstić information content (AvgIpc) is 3.31. The molecule has 1 spiro atoms. The minimum absolute atomic E-state index is 0.132. The molecule has 9 heteroatoms. The van der Waals surface area contributed by atoms with Crippen molar-refractivity contribution >= 4 is 22.5 Å². The quantitative estimate of drug-likeness (QED) is 0.492. The van der Waals surface area contributed by atoms with Crippen LogP contribution in [0.25, 0.3) is 21.9 Å². The van der Waals surface area contributed by atoms with Crippen LogP contribution in [0.5, 0.6) is 5.75 Å². The standard InChI is InChI=1S/C30H33F3N4O2/c1-18(2)35-11-9-24-25(14-35)34-27(36-12-10-29(15-36)16-37(17-29)28(39)30(31,32)33)19(3)26(24)23-6-4-5-20-13-21(38)7-8-22(20)23/h4-8,13,18,38H,9-12,14-17H2,1-3H3. The van der Waals surface area contributed by atoms with Crippen LogP contribution in [-0.2, 0) is 17.8 Å². The van der Waals surface area contributed by atoms with E-state index in [1.54, 1.807) is 12.1 Å². The molecule has 3 aliphatic rings. The lowest BCUT2D eigenvalue weighted by Gasteiger charge is -2.48. The normalized spacial score (nSPS) is 19.2. The number of hydrogen-bond donors (Lipinski definition) is 1. The molecule has 2 saturated heterocycles. The fraction of sp³-hybridized carbons (Fsp3) is 0.467. The highest BCUT2D eigenvalue weighted by Gasteiger charge is 2.55. The van der Waals surface area contributed by atoms with E-state index in [4.69, 9.17) is 4.98 Å². The van der Waals surface area contributed by atoms with E-state index < -0.39 is 12.1 Å². The largest absolute Gasteiger partial charge is 0.508 e. The summed E-state index contributed by atoms with van der Waals surface area (Å²) in [4.78, 5) is 22.5. The van der Waals surface area contributed by atoms with Gasteiger partial charge in [0.15, 0.2) is 0 Å². The summed E-state index contributed by atoms with van der Waals surface area (Å²) in [5, 5.41) is 12.1. The molecular formula is C30H33F3N4O2. The van der Waals surface area contributed by atoms with Gasteiger partial charge in [0, 0.05) is 50.7 Å². The van der Waals surface area contributed by atoms with Crippen molar-refractivity contribution in [3.05, 3.63) is 53.2 Å². The van der Waals surface area contributed by atoms with Gasteiger partial charge in [0.2, 0.25) is 0 Å². The van der Waals surface area contributed by atoms with Crippen molar-refractivity contribution in [2.24, 2.45) is 5.41 Å². The third-order valence-corrected chi connectivity index (χ3v) is 8.79. The van der Waals surface area contributed by atoms with Crippen molar-refractivity contribution in [3.63, 3.8) is 0 Å². The van der Waals surface area contributed by atoms with Crippen molar-refractivity contribution in [3.8, 4) is 16.9 Å². The van der Waals surface area contributed by atoms with E-state index in [-0.39, 0.29) is 24.3 Å². The van der Waals surface area contributed by atoms with Gasteiger partial charge in [0.05, 0.1) is 5.69 Å². The molecule has 0 unspecified atom stereocenters. The number of nitrogens with zero attached hydrogens (tertiary/aromatic N) is 4. The second-order valence-corrected chi connectivity index (χ2v) is 11.7. The summed E-state index contributed by atoms with van der Waals surface area (Å²) in [7, 11) is 0. The Bertz CT molecular complexity index is 1460. The first kappa shape index (κ1) is 25.9. The molecule has 4 heterocycles. The Hall–Kier alpha value is -3.33. The van der Waals surface area contributed by atoms with Crippen LogP contribution in [0.4, 0.5) is 19.0 Å². The maximum absolute atomic E-state index is 12.9. The fourth-order valence-corrected chi connectivity index (χ4v) is 6.75. The third-order valence-electron chi connectivity index (χ3n) is 8.79. The number of rotatable bonds is 3. The first-order valence-electron chi connectivity index (χ1n) is 13.6. The number of aromatic hydroxyl groups is 1. The maximum atomic E-state index is 12.9. The Balaban J connectivity index is 1.40. The summed E-state index contributed by atoms with van der Waals surface area (Å²) in [6, 6.07) is 12.0. The zero-order chi connectivity index (χ0) is 27.7. The van der Waals surface area contributed by atoms with Gasteiger partial charge < -0.3 is 14.9 Å². The number of alkyl halides is 3. The molecule has 3 aliphatic heterocycles. The number of pyridine rings is 1. The first-order chi connectivity index (χ1) is 18.5. The van der Waals surface area contributed by atoms with Crippen molar-refractivity contribution in [2.45, 2.75) is 52.4 Å². The number of aromatic nitrogens is 1. The lowest BCUT2D eigenvalue weighted by molar-refractivity contribution is -0.195. The number of likely N-dealkylation sites (tertiary alicyclic amines) is 1. The molecule has 6 nitrogen and oxygen atoms in total. The molecule has 2 fully saturated rings. The van der Waals surface area contributed by atoms with E-state index >= 15 is 0 Å². The van der Waals surface area contributed by atoms with Crippen LogP contribution in [0, 0.1) is 12.3 Å². The molecule has 0 saturated carbocycles. The van der Waals surface area contributed by atoms with Gasteiger partial charge in [-0.05, 0) is 78.8 Å². The average molecular weight is 539 g/mol. The maximum Gasteiger partial charge on any atom is 0.471 e. The van der Waals surface area contributed by atoms with Crippen LogP contribution >= 0.6 is 0 Å². The number of halogens is 3. The highest BCUT2D eigenvalue weighted by molar-refractivity contribution is 5.99. The van der Waals surface area contributed by atoms with Crippen LogP contribution in [-0.4, -0.2) is 70.7 Å². The number of phenols is 1. The van der Waals surface area contributed by atoms with Crippen molar-refractivity contribution < 1.29 is 23.1 Å². The molecule has 1 amide bonds. The summed E-state index contributed by atoms with van der Waals surface area (Å²) in [6.45, 7) is 9.69. The SMILES string of the molecule is Cc1c(N2CCC3(CN(C(=O)C(F)(F)F)C3)C2)nc2c(c1-c1cccc3cc(O)ccc13)CCN(C(C)C)C2. The van der Waals surface area contributed by atoms with E-state index in [0.29, 0.717) is 19.1 Å². The highest BCUT2D eigenvalue weighted by Crippen LogP contribution is 2.45. The van der Waals surface area contributed by atoms with Gasteiger partial charge in [-0.2, -0.15) is 13.2 Å². The second kappa shape index (κ2) is 9.11. The highest BCUT2D eigenvalue weighted by atomic mass is 19.4. The van der Waals surface area contributed by atoms with Gasteiger partial charge in [-0.1, -0.05) is 24.3 Å². The molecule has 6 rings (SSSR count). The Morgan fingerprint density at radius 2 is 1.87 bits per heavy atom. The van der Waals surface area contributed by atoms with Crippen LogP contribution in [0.15, 0.2) is 36.4 Å². The number of carbonyl (C=O) groups excluding carboxylic acids is 1. The summed E-state index contributed by atoms with van der Waals surface area (Å²) in [5.74, 6) is -0.641. The van der Waals surface area contributed by atoms with Gasteiger partial charge in [-0.3, -0.25) is 9.69 Å². The van der Waals surface area contributed by atoms with E-state index in [2.05, 4.69) is 36.6 Å². The Labute approximate surface area is 226 Å². The number of phenolic OH excluding ortho intramolecular Hbond substituents is 1. The molecule has 39 heavy (non-hydrogen) atoms. The van der Waals surface area contributed by atoms with Gasteiger partial charge >= 0.3 is 12.1 Å². The third kappa shape index (κ3) is 4.40. The molecule has 3 aromatic rings. The topological polar surface area (TPSA) is 59.9 Å². The van der Waals surface area contributed by atoms with E-state index in [1.165, 1.54) is 5.56 Å². The van der Waals surface area contributed by atoms with Crippen molar-refractivity contribution in [2.75, 3.05) is 37.6 Å². The fourth-order valence-electron chi connectivity index (χ4n) is 6.75. The summed E-state index contributed by atoms with van der Waals surface area (Å²) in [6.07, 6.45) is -3.22. The monoisotopic (exact) mass is 538 g/mol. The van der Waals surface area contributed by atoms with Crippen LogP contribution in [0.3, 0.4) is 0 Å². The molecule has 1 aromatic heterocycles. The van der Waals surface area contributed by atoms with E-state index in [9.17, 15) is 23.1 Å². The first-order valence-corrected chi connectivity index (χ1v) is 13.6. The van der Waals surface area contributed by atoms with Gasteiger partial charge in [0.1, 0.15) is 11.6 Å². The summed E-state index contributed by atoms with van der Waals surface area (Å²) in [5.41, 5.74) is 5.29. The number of fused-ring (bicyclic) bond motifs is 2. The van der Waals surface area contributed by atoms with Crippen molar-refractivity contribution in [1.29, 1.82) is 0 Å². The van der Waals surface area contributed by atoms with Crippen LogP contribution < -0.4 is 4.90 Å². The molecule has 206 valence electrons. The van der Waals surface area contributed by atoms with Crippen molar-refractivity contribution in [1.82, 2.24) is 14.8 Å². The van der Waals surface area contributed by atoms with Gasteiger partial charge in [0.25, 0.3) is 0 Å². The summed E-state index contributed by atoms with van der Waals surface area (Å²) >= 11 is 0. The zero-order valence-electron chi connectivity index (χ0n) is 22.5. The van der Waals surface area contributed by atoms with E-state index in [0.717, 1.165) is 69.8 Å². The number of benzene rings is 2. The molecule has 0 bridgehead atoms. The predicted molar refractivity (Wildman–Crippen MR) is 145 cm³/mol. The number of hydrogen-bond acceptors (Lipinski definition) is 5. The molecule has 2 aromatic carbocycles. The molecule has 0 aliphatic carbocycles. The minimum Gasteiger partial charge on any atom is -0.508 e. The van der Waals surface area contributed by atoms with Gasteiger partial charge in [-0.25, -0.2) is 4.98 Å². The lowest BCUT2D eigenvalue weighted by atomic mass is 9.79. The molecule has 1 N–H and O–H groups in total. The van der Waals surface area contributed by atoms with Gasteiger partial charge in [-0.15, -0.1) is 0 Å². The molecular weight excluding hydrogens is 505 g/mol. The smallest absolute Gasteiger partial charge is 0.471 e. The Kier molecular flexibility index (Phi) is 6.06. The second-order valence-electron chi connectivity index (χ2n) is 11.7. The van der Waals surface area contributed by atoms with Crippen LogP contribution in [0.2, 0.25) is 0 Å². The minimum atomic E-state index is -4.83. The number of anilines is 1. The number of carbonyl (C=O) groups is 1. The Morgan fingerprint density at radius 3 is 2.59 bits per heavy atom. The molecule has 0 radical (unpaired) electrons. The lowest BCUT2D eigenvalue weighted by Crippen LogP contribution is -2.62. The Morgan fingerprint density at radius 1 is 1.10 bits per heavy atom. The van der Waals surface area contributed by atoms with Crippen LogP contribution in [0.1, 0.15) is 37.1 Å². The number of amides is 1. The molecule has 0 atom stereocenters. The zero-order valence-corrected chi connectivity index (χ0v) is 22.5. The summed E-state index contributed by atoms with van der Waals surface area (Å²) < 4.78 is 38.8. The van der Waals surface area contributed by atoms with E-state index in [1.807, 2.05) is 18.2 Å². The predicted octanol–water partition coefficient (Wildman–Crippen LogP) is 5.28.